The van der Waals surface area contributed by atoms with Crippen LogP contribution in [0.15, 0.2) is 66.7 Å². The molecule has 3 aromatic rings. The summed E-state index contributed by atoms with van der Waals surface area (Å²) in [4.78, 5) is 12.2. The van der Waals surface area contributed by atoms with Crippen molar-refractivity contribution in [3.63, 3.8) is 0 Å². The average molecular weight is 403 g/mol. The summed E-state index contributed by atoms with van der Waals surface area (Å²) in [7, 11) is 0. The van der Waals surface area contributed by atoms with E-state index in [0.717, 1.165) is 12.1 Å². The summed E-state index contributed by atoms with van der Waals surface area (Å²) in [5.41, 5.74) is 0.174. The Morgan fingerprint density at radius 3 is 2.25 bits per heavy atom. The van der Waals surface area contributed by atoms with E-state index in [1.807, 2.05) is 12.1 Å². The average Bonchev–Trinajstić information content (AvgIpc) is 2.68. The van der Waals surface area contributed by atoms with Crippen LogP contribution in [0.1, 0.15) is 6.92 Å². The van der Waals surface area contributed by atoms with Crippen molar-refractivity contribution in [3.8, 4) is 11.5 Å². The summed E-state index contributed by atoms with van der Waals surface area (Å²) in [5.74, 6) is -1.13. The molecule has 4 nitrogen and oxygen atoms in total. The second-order valence-corrected chi connectivity index (χ2v) is 6.42. The van der Waals surface area contributed by atoms with Gasteiger partial charge in [0.2, 0.25) is 5.91 Å². The number of carbonyl (C=O) groups is 1. The molecule has 0 aliphatic rings. The Balaban J connectivity index is 1.62. The number of rotatable bonds is 6. The first-order valence-corrected chi connectivity index (χ1v) is 8.85. The highest BCUT2D eigenvalue weighted by Crippen LogP contribution is 2.29. The molecule has 1 unspecified atom stereocenters. The van der Waals surface area contributed by atoms with Gasteiger partial charge in [0, 0.05) is 5.69 Å². The van der Waals surface area contributed by atoms with Gasteiger partial charge in [-0.15, -0.1) is 0 Å². The molecule has 1 atom stereocenters. The fourth-order valence-corrected chi connectivity index (χ4v) is 2.61. The van der Waals surface area contributed by atoms with Gasteiger partial charge in [-0.3, -0.25) is 4.79 Å². The summed E-state index contributed by atoms with van der Waals surface area (Å²) in [6.45, 7) is 1.59. The van der Waals surface area contributed by atoms with Crippen LogP contribution < -0.4 is 15.4 Å². The molecule has 0 aliphatic heterocycles. The van der Waals surface area contributed by atoms with Crippen molar-refractivity contribution in [2.75, 3.05) is 10.6 Å². The zero-order valence-electron chi connectivity index (χ0n) is 14.9. The SMILES string of the molecule is CC(Nc1ccc(Oc2ccccc2Cl)cc1)C(=O)Nc1c(F)cccc1F. The lowest BCUT2D eigenvalue weighted by Gasteiger charge is -2.16. The predicted octanol–water partition coefficient (Wildman–Crippen LogP) is 5.85. The largest absolute Gasteiger partial charge is 0.456 e. The first-order valence-electron chi connectivity index (χ1n) is 8.48. The molecule has 0 saturated heterocycles. The maximum atomic E-state index is 13.7. The molecule has 3 rings (SSSR count). The molecule has 7 heteroatoms. The predicted molar refractivity (Wildman–Crippen MR) is 106 cm³/mol. The Morgan fingerprint density at radius 1 is 0.964 bits per heavy atom. The summed E-state index contributed by atoms with van der Waals surface area (Å²) in [5, 5.41) is 5.72. The van der Waals surface area contributed by atoms with Crippen LogP contribution in [0.4, 0.5) is 20.2 Å². The normalized spacial score (nSPS) is 11.6. The molecule has 3 aromatic carbocycles. The number of hydrogen-bond donors (Lipinski definition) is 2. The van der Waals surface area contributed by atoms with Crippen molar-refractivity contribution in [3.05, 3.63) is 83.4 Å². The zero-order valence-corrected chi connectivity index (χ0v) is 15.6. The minimum atomic E-state index is -0.832. The lowest BCUT2D eigenvalue weighted by Crippen LogP contribution is -2.32. The number of halogens is 3. The monoisotopic (exact) mass is 402 g/mol. The number of benzene rings is 3. The summed E-state index contributed by atoms with van der Waals surface area (Å²) in [6, 6.07) is 16.6. The van der Waals surface area contributed by atoms with Crippen molar-refractivity contribution in [1.82, 2.24) is 0 Å². The summed E-state index contributed by atoms with van der Waals surface area (Å²) >= 11 is 6.06. The second-order valence-electron chi connectivity index (χ2n) is 6.01. The zero-order chi connectivity index (χ0) is 20.1. The third kappa shape index (κ3) is 4.78. The lowest BCUT2D eigenvalue weighted by molar-refractivity contribution is -0.116. The Labute approximate surface area is 166 Å². The smallest absolute Gasteiger partial charge is 0.246 e. The highest BCUT2D eigenvalue weighted by molar-refractivity contribution is 6.32. The molecule has 28 heavy (non-hydrogen) atoms. The van der Waals surface area contributed by atoms with Crippen molar-refractivity contribution < 1.29 is 18.3 Å². The molecular weight excluding hydrogens is 386 g/mol. The van der Waals surface area contributed by atoms with E-state index in [2.05, 4.69) is 10.6 Å². The molecule has 0 saturated carbocycles. The number of anilines is 2. The van der Waals surface area contributed by atoms with Crippen LogP contribution in [0.2, 0.25) is 5.02 Å². The molecular formula is C21H17ClF2N2O2. The Hall–Kier alpha value is -3.12. The molecule has 144 valence electrons. The van der Waals surface area contributed by atoms with Crippen LogP contribution in [0.3, 0.4) is 0 Å². The van der Waals surface area contributed by atoms with Crippen LogP contribution in [-0.2, 0) is 4.79 Å². The van der Waals surface area contributed by atoms with Crippen molar-refractivity contribution in [2.45, 2.75) is 13.0 Å². The number of ether oxygens (including phenoxy) is 1. The van der Waals surface area contributed by atoms with Crippen LogP contribution in [-0.4, -0.2) is 11.9 Å². The van der Waals surface area contributed by atoms with Gasteiger partial charge in [-0.2, -0.15) is 0 Å². The third-order valence-electron chi connectivity index (χ3n) is 3.91. The quantitative estimate of drug-likeness (QED) is 0.543. The minimum absolute atomic E-state index is 0.468. The van der Waals surface area contributed by atoms with Crippen LogP contribution >= 0.6 is 11.6 Å². The third-order valence-corrected chi connectivity index (χ3v) is 4.22. The van der Waals surface area contributed by atoms with E-state index in [-0.39, 0.29) is 0 Å². The first kappa shape index (κ1) is 19.6. The van der Waals surface area contributed by atoms with E-state index in [9.17, 15) is 13.6 Å². The number of para-hydroxylation sites is 2. The second kappa shape index (κ2) is 8.71. The van der Waals surface area contributed by atoms with Gasteiger partial charge in [-0.1, -0.05) is 29.8 Å². The number of hydrogen-bond acceptors (Lipinski definition) is 3. The van der Waals surface area contributed by atoms with Gasteiger partial charge in [-0.25, -0.2) is 8.78 Å². The molecule has 0 spiro atoms. The maximum absolute atomic E-state index is 13.7. The number of carbonyl (C=O) groups excluding carboxylic acids is 1. The van der Waals surface area contributed by atoms with E-state index in [4.69, 9.17) is 16.3 Å². The van der Waals surface area contributed by atoms with Gasteiger partial charge in [0.15, 0.2) is 0 Å². The molecule has 0 heterocycles. The van der Waals surface area contributed by atoms with Gasteiger partial charge in [0.05, 0.1) is 5.02 Å². The molecule has 0 aromatic heterocycles. The molecule has 0 radical (unpaired) electrons. The fourth-order valence-electron chi connectivity index (χ4n) is 2.44. The van der Waals surface area contributed by atoms with Gasteiger partial charge in [0.1, 0.15) is 34.9 Å². The Morgan fingerprint density at radius 2 is 1.61 bits per heavy atom. The van der Waals surface area contributed by atoms with Crippen LogP contribution in [0, 0.1) is 11.6 Å². The van der Waals surface area contributed by atoms with Crippen molar-refractivity contribution in [1.29, 1.82) is 0 Å². The molecule has 0 fully saturated rings. The van der Waals surface area contributed by atoms with Gasteiger partial charge in [0.25, 0.3) is 0 Å². The van der Waals surface area contributed by atoms with Crippen molar-refractivity contribution in [2.24, 2.45) is 0 Å². The topological polar surface area (TPSA) is 50.4 Å². The van der Waals surface area contributed by atoms with E-state index in [1.165, 1.54) is 6.07 Å². The fraction of sp³-hybridized carbons (Fsp3) is 0.0952. The minimum Gasteiger partial charge on any atom is -0.456 e. The van der Waals surface area contributed by atoms with Gasteiger partial charge < -0.3 is 15.4 Å². The highest BCUT2D eigenvalue weighted by Gasteiger charge is 2.17. The standard InChI is InChI=1S/C21H17ClF2N2O2/c1-13(21(27)26-20-17(23)6-4-7-18(20)24)25-14-9-11-15(12-10-14)28-19-8-3-2-5-16(19)22/h2-13,25H,1H3,(H,26,27). The highest BCUT2D eigenvalue weighted by atomic mass is 35.5. The van der Waals surface area contributed by atoms with Gasteiger partial charge in [-0.05, 0) is 55.5 Å². The molecule has 2 N–H and O–H groups in total. The summed E-state index contributed by atoms with van der Waals surface area (Å²) in [6.07, 6.45) is 0. The van der Waals surface area contributed by atoms with Gasteiger partial charge >= 0.3 is 0 Å². The Kier molecular flexibility index (Phi) is 6.11. The molecule has 1 amide bonds. The van der Waals surface area contributed by atoms with Crippen molar-refractivity contribution >= 4 is 28.9 Å². The lowest BCUT2D eigenvalue weighted by atomic mass is 10.2. The van der Waals surface area contributed by atoms with E-state index >= 15 is 0 Å². The van der Waals surface area contributed by atoms with E-state index in [0.29, 0.717) is 22.2 Å². The first-order chi connectivity index (χ1) is 13.4. The number of nitrogens with one attached hydrogen (secondary N) is 2. The van der Waals surface area contributed by atoms with E-state index in [1.54, 1.807) is 43.3 Å². The van der Waals surface area contributed by atoms with Crippen LogP contribution in [0.25, 0.3) is 0 Å². The number of amides is 1. The molecule has 0 aliphatic carbocycles. The molecule has 0 bridgehead atoms. The van der Waals surface area contributed by atoms with Crippen LogP contribution in [0.5, 0.6) is 11.5 Å². The summed E-state index contributed by atoms with van der Waals surface area (Å²) < 4.78 is 33.0. The van der Waals surface area contributed by atoms with E-state index < -0.39 is 29.3 Å². The Bertz CT molecular complexity index is 960. The maximum Gasteiger partial charge on any atom is 0.246 e.